The molecule has 5 heteroatoms. The summed E-state index contributed by atoms with van der Waals surface area (Å²) in [6, 6.07) is 12.5. The zero-order chi connectivity index (χ0) is 16.1. The van der Waals surface area contributed by atoms with E-state index in [1.807, 2.05) is 12.4 Å². The van der Waals surface area contributed by atoms with Crippen LogP contribution in [0.1, 0.15) is 11.1 Å². The number of piperazine rings is 1. The molecule has 0 aliphatic carbocycles. The number of aromatic nitrogens is 1. The maximum Gasteiger partial charge on any atom is 0.173 e. The van der Waals surface area contributed by atoms with Crippen molar-refractivity contribution >= 4 is 23.0 Å². The lowest BCUT2D eigenvalue weighted by atomic mass is 10.2. The van der Waals surface area contributed by atoms with Gasteiger partial charge in [-0.05, 0) is 49.0 Å². The van der Waals surface area contributed by atoms with Crippen LogP contribution in [0.4, 0.5) is 5.69 Å². The minimum Gasteiger partial charge on any atom is -0.346 e. The standard InChI is InChI=1S/C18H22N4S/c1-15-2-4-17(5-3-15)20-18(23)22-12-10-21(11-13-22)14-16-6-8-19-9-7-16/h2-9H,10-14H2,1H3,(H,20,23). The first-order valence-electron chi connectivity index (χ1n) is 7.94. The second-order valence-electron chi connectivity index (χ2n) is 5.91. The first-order valence-corrected chi connectivity index (χ1v) is 8.35. The molecule has 1 fully saturated rings. The van der Waals surface area contributed by atoms with E-state index in [0.717, 1.165) is 43.5 Å². The van der Waals surface area contributed by atoms with Crippen LogP contribution in [0.2, 0.25) is 0 Å². The number of pyridine rings is 1. The Kier molecular flexibility index (Phi) is 5.20. The first-order chi connectivity index (χ1) is 11.2. The highest BCUT2D eigenvalue weighted by molar-refractivity contribution is 7.80. The quantitative estimate of drug-likeness (QED) is 0.877. The van der Waals surface area contributed by atoms with Crippen molar-refractivity contribution in [1.29, 1.82) is 0 Å². The number of benzene rings is 1. The zero-order valence-corrected chi connectivity index (χ0v) is 14.2. The Balaban J connectivity index is 1.48. The number of aryl methyl sites for hydroxylation is 1. The SMILES string of the molecule is Cc1ccc(NC(=S)N2CCN(Cc3ccncc3)CC2)cc1. The maximum atomic E-state index is 5.55. The summed E-state index contributed by atoms with van der Waals surface area (Å²) in [6.45, 7) is 7.04. The number of thiocarbonyl (C=S) groups is 1. The van der Waals surface area contributed by atoms with Gasteiger partial charge in [-0.2, -0.15) is 0 Å². The maximum absolute atomic E-state index is 5.55. The van der Waals surface area contributed by atoms with Gasteiger partial charge in [0, 0.05) is 50.8 Å². The second-order valence-corrected chi connectivity index (χ2v) is 6.30. The number of anilines is 1. The highest BCUT2D eigenvalue weighted by Gasteiger charge is 2.18. The summed E-state index contributed by atoms with van der Waals surface area (Å²) in [5.74, 6) is 0. The van der Waals surface area contributed by atoms with Gasteiger partial charge in [0.05, 0.1) is 0 Å². The monoisotopic (exact) mass is 326 g/mol. The molecule has 23 heavy (non-hydrogen) atoms. The van der Waals surface area contributed by atoms with Crippen LogP contribution in [0.5, 0.6) is 0 Å². The molecule has 0 saturated carbocycles. The van der Waals surface area contributed by atoms with E-state index >= 15 is 0 Å². The normalized spacial score (nSPS) is 15.4. The van der Waals surface area contributed by atoms with Gasteiger partial charge in [0.15, 0.2) is 5.11 Å². The third kappa shape index (κ3) is 4.50. The summed E-state index contributed by atoms with van der Waals surface area (Å²) in [5.41, 5.74) is 3.62. The Morgan fingerprint density at radius 3 is 2.35 bits per heavy atom. The Hall–Kier alpha value is -1.98. The summed E-state index contributed by atoms with van der Waals surface area (Å²) in [7, 11) is 0. The number of rotatable bonds is 3. The molecule has 1 aliphatic rings. The Morgan fingerprint density at radius 2 is 1.70 bits per heavy atom. The summed E-state index contributed by atoms with van der Waals surface area (Å²) in [4.78, 5) is 8.77. The molecule has 1 aliphatic heterocycles. The highest BCUT2D eigenvalue weighted by atomic mass is 32.1. The molecule has 2 aromatic rings. The van der Waals surface area contributed by atoms with E-state index in [-0.39, 0.29) is 0 Å². The van der Waals surface area contributed by atoms with Crippen LogP contribution >= 0.6 is 12.2 Å². The van der Waals surface area contributed by atoms with E-state index in [1.54, 1.807) is 0 Å². The van der Waals surface area contributed by atoms with Gasteiger partial charge in [0.25, 0.3) is 0 Å². The van der Waals surface area contributed by atoms with Crippen molar-refractivity contribution in [2.75, 3.05) is 31.5 Å². The van der Waals surface area contributed by atoms with Crippen molar-refractivity contribution in [2.24, 2.45) is 0 Å². The van der Waals surface area contributed by atoms with Crippen molar-refractivity contribution in [3.8, 4) is 0 Å². The fourth-order valence-electron chi connectivity index (χ4n) is 2.69. The zero-order valence-electron chi connectivity index (χ0n) is 13.4. The number of hydrogen-bond donors (Lipinski definition) is 1. The molecule has 0 atom stereocenters. The molecule has 120 valence electrons. The van der Waals surface area contributed by atoms with Crippen molar-refractivity contribution in [3.05, 3.63) is 59.9 Å². The van der Waals surface area contributed by atoms with Gasteiger partial charge >= 0.3 is 0 Å². The fraction of sp³-hybridized carbons (Fsp3) is 0.333. The van der Waals surface area contributed by atoms with Crippen molar-refractivity contribution in [3.63, 3.8) is 0 Å². The molecular weight excluding hydrogens is 304 g/mol. The lowest BCUT2D eigenvalue weighted by Gasteiger charge is -2.36. The predicted molar refractivity (Wildman–Crippen MR) is 98.5 cm³/mol. The lowest BCUT2D eigenvalue weighted by molar-refractivity contribution is 0.177. The molecule has 1 aromatic heterocycles. The minimum atomic E-state index is 0.817. The topological polar surface area (TPSA) is 31.4 Å². The molecule has 1 N–H and O–H groups in total. The third-order valence-corrected chi connectivity index (χ3v) is 4.48. The van der Waals surface area contributed by atoms with Gasteiger partial charge in [0.2, 0.25) is 0 Å². The Morgan fingerprint density at radius 1 is 1.04 bits per heavy atom. The molecule has 0 spiro atoms. The van der Waals surface area contributed by atoms with Gasteiger partial charge in [0.1, 0.15) is 0 Å². The van der Waals surface area contributed by atoms with E-state index in [9.17, 15) is 0 Å². The van der Waals surface area contributed by atoms with Crippen LogP contribution in [0, 0.1) is 6.92 Å². The van der Waals surface area contributed by atoms with Crippen LogP contribution in [0.3, 0.4) is 0 Å². The predicted octanol–water partition coefficient (Wildman–Crippen LogP) is 2.90. The fourth-order valence-corrected chi connectivity index (χ4v) is 3.00. The molecule has 1 aromatic carbocycles. The summed E-state index contributed by atoms with van der Waals surface area (Å²) >= 11 is 5.55. The number of nitrogens with zero attached hydrogens (tertiary/aromatic N) is 3. The highest BCUT2D eigenvalue weighted by Crippen LogP contribution is 2.12. The van der Waals surface area contributed by atoms with Crippen LogP contribution in [-0.4, -0.2) is 46.1 Å². The van der Waals surface area contributed by atoms with Crippen molar-refractivity contribution in [2.45, 2.75) is 13.5 Å². The van der Waals surface area contributed by atoms with E-state index in [4.69, 9.17) is 12.2 Å². The largest absolute Gasteiger partial charge is 0.346 e. The number of nitrogens with one attached hydrogen (secondary N) is 1. The van der Waals surface area contributed by atoms with Crippen LogP contribution in [0.15, 0.2) is 48.8 Å². The molecule has 3 rings (SSSR count). The molecule has 0 amide bonds. The molecule has 0 bridgehead atoms. The molecule has 1 saturated heterocycles. The summed E-state index contributed by atoms with van der Waals surface area (Å²) < 4.78 is 0. The third-order valence-electron chi connectivity index (χ3n) is 4.12. The molecule has 0 unspecified atom stereocenters. The first kappa shape index (κ1) is 15.9. The lowest BCUT2D eigenvalue weighted by Crippen LogP contribution is -2.49. The Labute approximate surface area is 143 Å². The van der Waals surface area contributed by atoms with Gasteiger partial charge < -0.3 is 10.2 Å². The molecule has 0 radical (unpaired) electrons. The Bertz CT molecular complexity index is 634. The molecular formula is C18H22N4S. The van der Waals surface area contributed by atoms with Crippen LogP contribution < -0.4 is 5.32 Å². The van der Waals surface area contributed by atoms with E-state index in [2.05, 4.69) is 63.4 Å². The van der Waals surface area contributed by atoms with E-state index in [1.165, 1.54) is 11.1 Å². The van der Waals surface area contributed by atoms with Crippen LogP contribution in [-0.2, 0) is 6.54 Å². The van der Waals surface area contributed by atoms with E-state index < -0.39 is 0 Å². The smallest absolute Gasteiger partial charge is 0.173 e. The molecule has 4 nitrogen and oxygen atoms in total. The second kappa shape index (κ2) is 7.53. The average molecular weight is 326 g/mol. The average Bonchev–Trinajstić information content (AvgIpc) is 2.58. The van der Waals surface area contributed by atoms with Gasteiger partial charge in [-0.15, -0.1) is 0 Å². The van der Waals surface area contributed by atoms with Gasteiger partial charge in [-0.25, -0.2) is 0 Å². The minimum absolute atomic E-state index is 0.817. The van der Waals surface area contributed by atoms with Crippen LogP contribution in [0.25, 0.3) is 0 Å². The van der Waals surface area contributed by atoms with Crippen molar-refractivity contribution in [1.82, 2.24) is 14.8 Å². The summed E-state index contributed by atoms with van der Waals surface area (Å²) in [6.07, 6.45) is 3.71. The van der Waals surface area contributed by atoms with Gasteiger partial charge in [-0.1, -0.05) is 17.7 Å². The van der Waals surface area contributed by atoms with Gasteiger partial charge in [-0.3, -0.25) is 9.88 Å². The van der Waals surface area contributed by atoms with E-state index in [0.29, 0.717) is 0 Å². The van der Waals surface area contributed by atoms with Crippen molar-refractivity contribution < 1.29 is 0 Å². The summed E-state index contributed by atoms with van der Waals surface area (Å²) in [5, 5.41) is 4.15. The molecule has 2 heterocycles. The number of hydrogen-bond acceptors (Lipinski definition) is 3.